The van der Waals surface area contributed by atoms with Crippen molar-refractivity contribution in [3.8, 4) is 12.3 Å². The number of piperidine rings is 1. The molecule has 0 spiro atoms. The maximum atomic E-state index is 13.2. The van der Waals surface area contributed by atoms with Gasteiger partial charge in [-0.05, 0) is 25.0 Å². The van der Waals surface area contributed by atoms with Crippen molar-refractivity contribution >= 4 is 11.4 Å². The number of anilines is 1. The van der Waals surface area contributed by atoms with E-state index >= 15 is 0 Å². The van der Waals surface area contributed by atoms with Crippen LogP contribution >= 0.6 is 0 Å². The number of nitro groups is 1. The summed E-state index contributed by atoms with van der Waals surface area (Å²) in [6.07, 6.45) is 7.09. The van der Waals surface area contributed by atoms with Crippen molar-refractivity contribution in [2.24, 2.45) is 0 Å². The molecule has 1 N–H and O–H groups in total. The van der Waals surface area contributed by atoms with Gasteiger partial charge in [0.1, 0.15) is 0 Å². The Morgan fingerprint density at radius 3 is 2.80 bits per heavy atom. The number of hydrogen-bond acceptors (Lipinski definition) is 4. The Labute approximate surface area is 116 Å². The van der Waals surface area contributed by atoms with E-state index in [1.54, 1.807) is 0 Å². The second kappa shape index (κ2) is 6.35. The first kappa shape index (κ1) is 14.3. The van der Waals surface area contributed by atoms with Crippen molar-refractivity contribution in [1.29, 1.82) is 0 Å². The van der Waals surface area contributed by atoms with Gasteiger partial charge in [0.05, 0.1) is 11.5 Å². The van der Waals surface area contributed by atoms with Gasteiger partial charge >= 0.3 is 5.69 Å². The Morgan fingerprint density at radius 1 is 1.50 bits per heavy atom. The maximum Gasteiger partial charge on any atom is 0.306 e. The summed E-state index contributed by atoms with van der Waals surface area (Å²) in [5.74, 6) is 1.80. The number of rotatable bonds is 4. The molecule has 1 aliphatic rings. The number of nitrogens with zero attached hydrogens (tertiary/aromatic N) is 2. The molecule has 1 aromatic rings. The largest absolute Gasteiger partial charge is 0.382 e. The van der Waals surface area contributed by atoms with E-state index in [9.17, 15) is 14.5 Å². The van der Waals surface area contributed by atoms with Crippen LogP contribution in [0.25, 0.3) is 0 Å². The van der Waals surface area contributed by atoms with E-state index in [0.29, 0.717) is 12.2 Å². The molecule has 1 saturated heterocycles. The fraction of sp³-hybridized carbons (Fsp3) is 0.429. The van der Waals surface area contributed by atoms with E-state index in [-0.39, 0.29) is 6.04 Å². The molecule has 6 heteroatoms. The van der Waals surface area contributed by atoms with Gasteiger partial charge in [-0.25, -0.2) is 0 Å². The summed E-state index contributed by atoms with van der Waals surface area (Å²) in [7, 11) is 0. The van der Waals surface area contributed by atoms with E-state index in [1.165, 1.54) is 12.1 Å². The highest BCUT2D eigenvalue weighted by Gasteiger charge is 2.20. The van der Waals surface area contributed by atoms with Gasteiger partial charge in [-0.1, -0.05) is 5.92 Å². The van der Waals surface area contributed by atoms with Crippen molar-refractivity contribution in [3.05, 3.63) is 34.1 Å². The molecular weight excluding hydrogens is 261 g/mol. The van der Waals surface area contributed by atoms with Gasteiger partial charge in [0.25, 0.3) is 0 Å². The molecule has 2 rings (SSSR count). The number of terminal acetylenes is 1. The summed E-state index contributed by atoms with van der Waals surface area (Å²) in [5.41, 5.74) is 0.0771. The number of nitrogens with one attached hydrogen (secondary N) is 1. The number of benzene rings is 1. The second-order valence-electron chi connectivity index (χ2n) is 4.82. The molecule has 0 bridgehead atoms. The summed E-state index contributed by atoms with van der Waals surface area (Å²) in [5, 5.41) is 13.9. The second-order valence-corrected chi connectivity index (χ2v) is 4.82. The van der Waals surface area contributed by atoms with Crippen LogP contribution in [0.15, 0.2) is 18.2 Å². The van der Waals surface area contributed by atoms with Crippen molar-refractivity contribution in [1.82, 2.24) is 4.90 Å². The highest BCUT2D eigenvalue weighted by Crippen LogP contribution is 2.23. The molecule has 1 aromatic carbocycles. The molecule has 0 amide bonds. The Kier molecular flexibility index (Phi) is 4.53. The Bertz CT molecular complexity index is 534. The van der Waals surface area contributed by atoms with Crippen molar-refractivity contribution in [3.63, 3.8) is 0 Å². The normalized spacial score (nSPS) is 16.6. The molecule has 0 atom stereocenters. The summed E-state index contributed by atoms with van der Waals surface area (Å²) in [4.78, 5) is 12.2. The predicted octanol–water partition coefficient (Wildman–Crippen LogP) is 2.24. The van der Waals surface area contributed by atoms with Gasteiger partial charge < -0.3 is 5.32 Å². The lowest BCUT2D eigenvalue weighted by molar-refractivity contribution is -0.387. The Balaban J connectivity index is 1.96. The number of likely N-dealkylation sites (tertiary alicyclic amines) is 1. The summed E-state index contributed by atoms with van der Waals surface area (Å²) in [6.45, 7) is 2.44. The minimum absolute atomic E-state index is 0.231. The fourth-order valence-electron chi connectivity index (χ4n) is 2.34. The molecule has 1 aliphatic heterocycles. The molecule has 20 heavy (non-hydrogen) atoms. The van der Waals surface area contributed by atoms with E-state index in [2.05, 4.69) is 16.1 Å². The summed E-state index contributed by atoms with van der Waals surface area (Å²) in [6, 6.07) is 4.11. The van der Waals surface area contributed by atoms with Crippen LogP contribution in [-0.4, -0.2) is 35.5 Å². The maximum absolute atomic E-state index is 13.2. The first-order valence-corrected chi connectivity index (χ1v) is 6.46. The van der Waals surface area contributed by atoms with Gasteiger partial charge in [0.2, 0.25) is 5.82 Å². The molecular formula is C14H16FN3O2. The highest BCUT2D eigenvalue weighted by molar-refractivity contribution is 5.52. The van der Waals surface area contributed by atoms with Gasteiger partial charge in [-0.15, -0.1) is 6.42 Å². The lowest BCUT2D eigenvalue weighted by Crippen LogP contribution is -2.39. The van der Waals surface area contributed by atoms with Gasteiger partial charge in [0.15, 0.2) is 0 Å². The Hall–Kier alpha value is -2.13. The third-order valence-electron chi connectivity index (χ3n) is 3.42. The lowest BCUT2D eigenvalue weighted by atomic mass is 10.0. The minimum Gasteiger partial charge on any atom is -0.382 e. The Morgan fingerprint density at radius 2 is 2.20 bits per heavy atom. The van der Waals surface area contributed by atoms with Crippen LogP contribution in [0.5, 0.6) is 0 Å². The standard InChI is InChI=1S/C14H16FN3O2/c1-2-7-17-8-5-11(6-9-17)16-12-3-4-13(15)14(10-12)18(19)20/h1,3-4,10-11,16H,5-9H2. The van der Waals surface area contributed by atoms with Gasteiger partial charge in [-0.2, -0.15) is 4.39 Å². The lowest BCUT2D eigenvalue weighted by Gasteiger charge is -2.31. The van der Waals surface area contributed by atoms with E-state index in [1.807, 2.05) is 0 Å². The van der Waals surface area contributed by atoms with E-state index < -0.39 is 16.4 Å². The van der Waals surface area contributed by atoms with E-state index in [4.69, 9.17) is 6.42 Å². The first-order chi connectivity index (χ1) is 9.60. The predicted molar refractivity (Wildman–Crippen MR) is 75.0 cm³/mol. The van der Waals surface area contributed by atoms with Gasteiger partial charge in [0, 0.05) is 30.9 Å². The molecule has 0 unspecified atom stereocenters. The third-order valence-corrected chi connectivity index (χ3v) is 3.42. The molecule has 1 fully saturated rings. The van der Waals surface area contributed by atoms with Gasteiger partial charge in [-0.3, -0.25) is 15.0 Å². The summed E-state index contributed by atoms with van der Waals surface area (Å²) < 4.78 is 13.2. The number of halogens is 1. The average Bonchev–Trinajstić information content (AvgIpc) is 2.43. The minimum atomic E-state index is -0.815. The van der Waals surface area contributed by atoms with Crippen LogP contribution < -0.4 is 5.32 Å². The number of hydrogen-bond donors (Lipinski definition) is 1. The smallest absolute Gasteiger partial charge is 0.306 e. The summed E-state index contributed by atoms with van der Waals surface area (Å²) >= 11 is 0. The molecule has 106 valence electrons. The molecule has 0 saturated carbocycles. The van der Waals surface area contributed by atoms with Crippen LogP contribution in [0.1, 0.15) is 12.8 Å². The highest BCUT2D eigenvalue weighted by atomic mass is 19.1. The monoisotopic (exact) mass is 277 g/mol. The molecule has 1 heterocycles. The number of nitro benzene ring substituents is 1. The quantitative estimate of drug-likeness (QED) is 0.521. The first-order valence-electron chi connectivity index (χ1n) is 6.46. The zero-order valence-corrected chi connectivity index (χ0v) is 11.0. The fourth-order valence-corrected chi connectivity index (χ4v) is 2.34. The van der Waals surface area contributed by atoms with Crippen LogP contribution in [0.3, 0.4) is 0 Å². The SMILES string of the molecule is C#CCN1CCC(Nc2ccc(F)c([N+](=O)[O-])c2)CC1. The van der Waals surface area contributed by atoms with Crippen molar-refractivity contribution in [2.75, 3.05) is 25.0 Å². The zero-order chi connectivity index (χ0) is 14.5. The van der Waals surface area contributed by atoms with Crippen LogP contribution in [0, 0.1) is 28.3 Å². The van der Waals surface area contributed by atoms with Crippen molar-refractivity contribution in [2.45, 2.75) is 18.9 Å². The third kappa shape index (κ3) is 3.45. The molecule has 0 radical (unpaired) electrons. The van der Waals surface area contributed by atoms with Crippen LogP contribution in [0.4, 0.5) is 15.8 Å². The molecule has 5 nitrogen and oxygen atoms in total. The van der Waals surface area contributed by atoms with Crippen LogP contribution in [-0.2, 0) is 0 Å². The van der Waals surface area contributed by atoms with E-state index in [0.717, 1.165) is 32.0 Å². The average molecular weight is 277 g/mol. The van der Waals surface area contributed by atoms with Crippen LogP contribution in [0.2, 0.25) is 0 Å². The zero-order valence-electron chi connectivity index (χ0n) is 11.0. The van der Waals surface area contributed by atoms with Crippen molar-refractivity contribution < 1.29 is 9.31 Å². The topological polar surface area (TPSA) is 58.4 Å². The molecule has 0 aliphatic carbocycles. The molecule has 0 aromatic heterocycles.